The number of likely N-dealkylation sites (N-methyl/N-ethyl adjacent to an activating group) is 1. The summed E-state index contributed by atoms with van der Waals surface area (Å²) in [7, 11) is 1.61. The molecule has 0 aliphatic rings. The van der Waals surface area contributed by atoms with Crippen LogP contribution in [0.3, 0.4) is 0 Å². The third-order valence-electron chi connectivity index (χ3n) is 2.77. The lowest BCUT2D eigenvalue weighted by Crippen LogP contribution is -2.31. The highest BCUT2D eigenvalue weighted by molar-refractivity contribution is 5.29. The van der Waals surface area contributed by atoms with Gasteiger partial charge in [0.25, 0.3) is 0 Å². The molecule has 1 aromatic carbocycles. The van der Waals surface area contributed by atoms with E-state index in [-0.39, 0.29) is 6.61 Å². The van der Waals surface area contributed by atoms with Gasteiger partial charge in [0.05, 0.1) is 19.8 Å². The molecule has 1 aromatic rings. The molecule has 2 N–H and O–H groups in total. The molecule has 0 aliphatic carbocycles. The Morgan fingerprint density at radius 2 is 2.18 bits per heavy atom. The summed E-state index contributed by atoms with van der Waals surface area (Å²) in [6.45, 7) is 4.02. The first-order valence-electron chi connectivity index (χ1n) is 5.86. The van der Waals surface area contributed by atoms with Crippen LogP contribution < -0.4 is 4.74 Å². The van der Waals surface area contributed by atoms with Crippen molar-refractivity contribution in [3.63, 3.8) is 0 Å². The van der Waals surface area contributed by atoms with Crippen LogP contribution >= 0.6 is 0 Å². The maximum Gasteiger partial charge on any atom is 0.119 e. The van der Waals surface area contributed by atoms with Gasteiger partial charge in [0.2, 0.25) is 0 Å². The van der Waals surface area contributed by atoms with Gasteiger partial charge in [0.15, 0.2) is 0 Å². The number of aliphatic hydroxyl groups excluding tert-OH is 2. The van der Waals surface area contributed by atoms with Crippen LogP contribution in [0.15, 0.2) is 24.3 Å². The number of benzene rings is 1. The third kappa shape index (κ3) is 4.34. The molecule has 0 spiro atoms. The minimum atomic E-state index is -0.559. The lowest BCUT2D eigenvalue weighted by molar-refractivity contribution is 0.103. The molecule has 0 saturated carbocycles. The van der Waals surface area contributed by atoms with Crippen LogP contribution in [0.25, 0.3) is 0 Å². The van der Waals surface area contributed by atoms with Gasteiger partial charge in [-0.1, -0.05) is 19.1 Å². The Bertz CT molecular complexity index is 330. The molecule has 0 radical (unpaired) electrons. The van der Waals surface area contributed by atoms with Gasteiger partial charge in [-0.2, -0.15) is 0 Å². The average Bonchev–Trinajstić information content (AvgIpc) is 2.38. The number of methoxy groups -OCH3 is 1. The van der Waals surface area contributed by atoms with E-state index in [0.29, 0.717) is 13.1 Å². The molecule has 17 heavy (non-hydrogen) atoms. The van der Waals surface area contributed by atoms with Crippen molar-refractivity contribution in [2.45, 2.75) is 13.0 Å². The molecule has 0 fully saturated rings. The van der Waals surface area contributed by atoms with Crippen LogP contribution in [0, 0.1) is 0 Å². The van der Waals surface area contributed by atoms with E-state index in [9.17, 15) is 5.11 Å². The first kappa shape index (κ1) is 14.0. The number of ether oxygens (including phenoxy) is 1. The van der Waals surface area contributed by atoms with Gasteiger partial charge in [0.1, 0.15) is 5.75 Å². The van der Waals surface area contributed by atoms with E-state index in [1.54, 1.807) is 7.11 Å². The highest BCUT2D eigenvalue weighted by atomic mass is 16.5. The first-order valence-corrected chi connectivity index (χ1v) is 5.86. The Morgan fingerprint density at radius 1 is 1.41 bits per heavy atom. The highest BCUT2D eigenvalue weighted by Gasteiger charge is 2.12. The molecule has 0 amide bonds. The standard InChI is InChI=1S/C13H21NO3/c1-3-14(7-8-15)10-13(16)11-5-4-6-12(9-11)17-2/h4-6,9,13,15-16H,3,7-8,10H2,1-2H3. The van der Waals surface area contributed by atoms with Crippen LogP contribution in [0.4, 0.5) is 0 Å². The molecule has 0 heterocycles. The van der Waals surface area contributed by atoms with E-state index < -0.39 is 6.10 Å². The van der Waals surface area contributed by atoms with E-state index in [2.05, 4.69) is 0 Å². The monoisotopic (exact) mass is 239 g/mol. The summed E-state index contributed by atoms with van der Waals surface area (Å²) in [6, 6.07) is 7.42. The summed E-state index contributed by atoms with van der Waals surface area (Å²) in [6.07, 6.45) is -0.559. The summed E-state index contributed by atoms with van der Waals surface area (Å²) in [4.78, 5) is 2.00. The second-order valence-electron chi connectivity index (χ2n) is 3.91. The summed E-state index contributed by atoms with van der Waals surface area (Å²) in [5, 5.41) is 19.0. The predicted molar refractivity (Wildman–Crippen MR) is 67.2 cm³/mol. The van der Waals surface area contributed by atoms with E-state index in [0.717, 1.165) is 17.9 Å². The van der Waals surface area contributed by atoms with Gasteiger partial charge in [-0.15, -0.1) is 0 Å². The Morgan fingerprint density at radius 3 is 2.76 bits per heavy atom. The molecule has 1 atom stereocenters. The fourth-order valence-corrected chi connectivity index (χ4v) is 1.72. The molecule has 0 saturated heterocycles. The second-order valence-corrected chi connectivity index (χ2v) is 3.91. The van der Waals surface area contributed by atoms with Crippen LogP contribution in [-0.4, -0.2) is 48.5 Å². The summed E-state index contributed by atoms with van der Waals surface area (Å²) in [5.41, 5.74) is 0.834. The van der Waals surface area contributed by atoms with Crippen LogP contribution in [0.5, 0.6) is 5.75 Å². The second kappa shape index (κ2) is 7.27. The Labute approximate surface area is 102 Å². The maximum absolute atomic E-state index is 10.1. The Balaban J connectivity index is 2.64. The van der Waals surface area contributed by atoms with E-state index in [1.165, 1.54) is 0 Å². The molecule has 0 aliphatic heterocycles. The molecule has 1 unspecified atom stereocenters. The van der Waals surface area contributed by atoms with Crippen molar-refractivity contribution >= 4 is 0 Å². The topological polar surface area (TPSA) is 52.9 Å². The summed E-state index contributed by atoms with van der Waals surface area (Å²) in [5.74, 6) is 0.742. The van der Waals surface area contributed by atoms with Gasteiger partial charge in [-0.25, -0.2) is 0 Å². The number of hydrogen-bond acceptors (Lipinski definition) is 4. The number of nitrogens with zero attached hydrogens (tertiary/aromatic N) is 1. The van der Waals surface area contributed by atoms with Gasteiger partial charge in [0, 0.05) is 13.1 Å². The van der Waals surface area contributed by atoms with Crippen molar-refractivity contribution in [2.24, 2.45) is 0 Å². The van der Waals surface area contributed by atoms with Crippen molar-refractivity contribution < 1.29 is 14.9 Å². The summed E-state index contributed by atoms with van der Waals surface area (Å²) >= 11 is 0. The van der Waals surface area contributed by atoms with Crippen molar-refractivity contribution in [3.8, 4) is 5.75 Å². The predicted octanol–water partition coefficient (Wildman–Crippen LogP) is 1.04. The zero-order valence-corrected chi connectivity index (χ0v) is 10.5. The molecule has 4 nitrogen and oxygen atoms in total. The van der Waals surface area contributed by atoms with Crippen molar-refractivity contribution in [1.29, 1.82) is 0 Å². The van der Waals surface area contributed by atoms with Crippen LogP contribution in [0.2, 0.25) is 0 Å². The van der Waals surface area contributed by atoms with Crippen molar-refractivity contribution in [3.05, 3.63) is 29.8 Å². The van der Waals surface area contributed by atoms with Gasteiger partial charge < -0.3 is 14.9 Å². The van der Waals surface area contributed by atoms with Crippen molar-refractivity contribution in [1.82, 2.24) is 4.90 Å². The highest BCUT2D eigenvalue weighted by Crippen LogP contribution is 2.19. The zero-order valence-electron chi connectivity index (χ0n) is 10.5. The molecule has 4 heteroatoms. The number of rotatable bonds is 7. The SMILES string of the molecule is CCN(CCO)CC(O)c1cccc(OC)c1. The fraction of sp³-hybridized carbons (Fsp3) is 0.538. The quantitative estimate of drug-likeness (QED) is 0.746. The Kier molecular flexibility index (Phi) is 5.97. The normalized spacial score (nSPS) is 12.8. The minimum Gasteiger partial charge on any atom is -0.497 e. The smallest absolute Gasteiger partial charge is 0.119 e. The molecular formula is C13H21NO3. The molecule has 0 aromatic heterocycles. The lowest BCUT2D eigenvalue weighted by Gasteiger charge is -2.23. The van der Waals surface area contributed by atoms with Gasteiger partial charge in [-0.3, -0.25) is 4.90 Å². The Hall–Kier alpha value is -1.10. The van der Waals surface area contributed by atoms with Crippen molar-refractivity contribution in [2.75, 3.05) is 33.4 Å². The van der Waals surface area contributed by atoms with Crippen LogP contribution in [-0.2, 0) is 0 Å². The maximum atomic E-state index is 10.1. The third-order valence-corrected chi connectivity index (χ3v) is 2.77. The van der Waals surface area contributed by atoms with Gasteiger partial charge in [-0.05, 0) is 24.2 Å². The minimum absolute atomic E-state index is 0.110. The number of hydrogen-bond donors (Lipinski definition) is 2. The molecule has 0 bridgehead atoms. The van der Waals surface area contributed by atoms with E-state index >= 15 is 0 Å². The van der Waals surface area contributed by atoms with E-state index in [1.807, 2.05) is 36.1 Å². The van der Waals surface area contributed by atoms with Gasteiger partial charge >= 0.3 is 0 Å². The first-order chi connectivity index (χ1) is 8.21. The number of aliphatic hydroxyl groups is 2. The fourth-order valence-electron chi connectivity index (χ4n) is 1.72. The lowest BCUT2D eigenvalue weighted by atomic mass is 10.1. The summed E-state index contributed by atoms with van der Waals surface area (Å²) < 4.78 is 5.12. The van der Waals surface area contributed by atoms with E-state index in [4.69, 9.17) is 9.84 Å². The average molecular weight is 239 g/mol. The zero-order chi connectivity index (χ0) is 12.7. The van der Waals surface area contributed by atoms with Crippen LogP contribution in [0.1, 0.15) is 18.6 Å². The molecule has 1 rings (SSSR count). The molecular weight excluding hydrogens is 218 g/mol. The largest absolute Gasteiger partial charge is 0.497 e. The molecule has 96 valence electrons.